The van der Waals surface area contributed by atoms with Crippen molar-refractivity contribution < 1.29 is 9.31 Å². The summed E-state index contributed by atoms with van der Waals surface area (Å²) in [6.45, 7) is 25.8. The quantitative estimate of drug-likeness (QED) is 0.273. The van der Waals surface area contributed by atoms with Crippen LogP contribution >= 0.6 is 0 Å². The van der Waals surface area contributed by atoms with Gasteiger partial charge in [0.2, 0.25) is 0 Å². The summed E-state index contributed by atoms with van der Waals surface area (Å²) in [6.07, 6.45) is 17.0. The van der Waals surface area contributed by atoms with Crippen LogP contribution in [0.5, 0.6) is 0 Å². The standard InChI is InChI=1S/C15H20.C7H15BO2.C2H6/c1-5-8-9-10-13-14(4)15(11-6-2)12-7-3;1-6(2)7(3,4)10-8(5)9-6;1-2/h5-8,10-13H,2,4,9H2,1,3H3;1-5H3;1-2H3/b8-5-,12-7-,13-10-,15-11+;;. The summed E-state index contributed by atoms with van der Waals surface area (Å²) in [6, 6.07) is 0. The van der Waals surface area contributed by atoms with Crippen molar-refractivity contribution in [1.29, 1.82) is 0 Å². The van der Waals surface area contributed by atoms with Gasteiger partial charge >= 0.3 is 7.12 Å². The highest BCUT2D eigenvalue weighted by molar-refractivity contribution is 6.43. The Morgan fingerprint density at radius 1 is 0.926 bits per heavy atom. The Bertz CT molecular complexity index is 533. The zero-order valence-corrected chi connectivity index (χ0v) is 19.1. The molecule has 0 radical (unpaired) electrons. The van der Waals surface area contributed by atoms with Crippen LogP contribution in [0, 0.1) is 0 Å². The van der Waals surface area contributed by atoms with Gasteiger partial charge in [-0.1, -0.05) is 75.6 Å². The van der Waals surface area contributed by atoms with Crippen molar-refractivity contribution >= 4 is 7.12 Å². The van der Waals surface area contributed by atoms with Crippen molar-refractivity contribution in [3.63, 3.8) is 0 Å². The molecule has 27 heavy (non-hydrogen) atoms. The van der Waals surface area contributed by atoms with Gasteiger partial charge in [-0.05, 0) is 65.9 Å². The highest BCUT2D eigenvalue weighted by atomic mass is 16.7. The fourth-order valence-electron chi connectivity index (χ4n) is 2.24. The first-order valence-electron chi connectivity index (χ1n) is 9.89. The van der Waals surface area contributed by atoms with Crippen molar-refractivity contribution in [1.82, 2.24) is 0 Å². The lowest BCUT2D eigenvalue weighted by Crippen LogP contribution is -2.41. The molecule has 1 fully saturated rings. The predicted molar refractivity (Wildman–Crippen MR) is 124 cm³/mol. The van der Waals surface area contributed by atoms with Gasteiger partial charge in [-0.15, -0.1) is 0 Å². The SMILES string of the molecule is C=C/C=C(\C=C/C)C(=C)/C=C\C/C=C\C.CB1OC(C)(C)C(C)(C)O1.CC. The fourth-order valence-corrected chi connectivity index (χ4v) is 2.24. The van der Waals surface area contributed by atoms with Crippen LogP contribution in [0.25, 0.3) is 0 Å². The van der Waals surface area contributed by atoms with E-state index in [2.05, 4.69) is 53.0 Å². The molecule has 1 aliphatic heterocycles. The van der Waals surface area contributed by atoms with Crippen LogP contribution < -0.4 is 0 Å². The highest BCUT2D eigenvalue weighted by Crippen LogP contribution is 2.36. The van der Waals surface area contributed by atoms with Gasteiger partial charge in [-0.25, -0.2) is 0 Å². The lowest BCUT2D eigenvalue weighted by molar-refractivity contribution is 0.00578. The molecular formula is C24H41BO2. The molecule has 1 rings (SSSR count). The van der Waals surface area contributed by atoms with Gasteiger partial charge in [0.1, 0.15) is 0 Å². The molecule has 0 aliphatic carbocycles. The topological polar surface area (TPSA) is 18.5 Å². The molecule has 0 spiro atoms. The Hall–Kier alpha value is -1.58. The first-order valence-corrected chi connectivity index (χ1v) is 9.89. The van der Waals surface area contributed by atoms with E-state index in [0.717, 1.165) is 17.6 Å². The molecule has 0 aromatic rings. The monoisotopic (exact) mass is 372 g/mol. The van der Waals surface area contributed by atoms with E-state index in [1.807, 2.05) is 64.9 Å². The summed E-state index contributed by atoms with van der Waals surface area (Å²) in [4.78, 5) is 0. The third kappa shape index (κ3) is 11.0. The van der Waals surface area contributed by atoms with Gasteiger partial charge in [0.25, 0.3) is 0 Å². The van der Waals surface area contributed by atoms with Gasteiger partial charge in [0.15, 0.2) is 0 Å². The lowest BCUT2D eigenvalue weighted by Gasteiger charge is -2.32. The normalized spacial score (nSPS) is 18.3. The molecule has 1 heterocycles. The van der Waals surface area contributed by atoms with Crippen molar-refractivity contribution in [2.45, 2.75) is 79.8 Å². The number of hydrogen-bond donors (Lipinski definition) is 0. The minimum Gasteiger partial charge on any atom is -0.403 e. The van der Waals surface area contributed by atoms with Gasteiger partial charge in [0.05, 0.1) is 11.2 Å². The second kappa shape index (κ2) is 14.5. The Labute approximate surface area is 169 Å². The number of allylic oxidation sites excluding steroid dienone is 10. The second-order valence-corrected chi connectivity index (χ2v) is 6.91. The molecule has 0 atom stereocenters. The molecule has 152 valence electrons. The molecule has 2 nitrogen and oxygen atoms in total. The lowest BCUT2D eigenvalue weighted by atomic mass is 9.90. The van der Waals surface area contributed by atoms with E-state index in [4.69, 9.17) is 9.31 Å². The Morgan fingerprint density at radius 2 is 1.44 bits per heavy atom. The smallest absolute Gasteiger partial charge is 0.403 e. The summed E-state index contributed by atoms with van der Waals surface area (Å²) in [7, 11) is -0.0648. The van der Waals surface area contributed by atoms with E-state index in [-0.39, 0.29) is 18.3 Å². The minimum atomic E-state index is -0.160. The minimum absolute atomic E-state index is 0.0648. The molecule has 0 aromatic heterocycles. The summed E-state index contributed by atoms with van der Waals surface area (Å²) in [5.41, 5.74) is 1.79. The number of rotatable bonds is 6. The third-order valence-corrected chi connectivity index (χ3v) is 4.21. The second-order valence-electron chi connectivity index (χ2n) is 6.91. The maximum Gasteiger partial charge on any atom is 0.454 e. The van der Waals surface area contributed by atoms with Gasteiger partial charge in [0, 0.05) is 0 Å². The first-order chi connectivity index (χ1) is 12.6. The van der Waals surface area contributed by atoms with Crippen molar-refractivity contribution in [2.24, 2.45) is 0 Å². The molecule has 0 saturated carbocycles. The largest absolute Gasteiger partial charge is 0.454 e. The van der Waals surface area contributed by atoms with Crippen molar-refractivity contribution in [3.05, 3.63) is 72.9 Å². The van der Waals surface area contributed by atoms with Gasteiger partial charge in [-0.2, -0.15) is 0 Å². The van der Waals surface area contributed by atoms with Crippen LogP contribution in [0.15, 0.2) is 72.9 Å². The van der Waals surface area contributed by atoms with Gasteiger partial charge in [-0.3, -0.25) is 0 Å². The fraction of sp³-hybridized carbons (Fsp3) is 0.500. The Kier molecular flexibility index (Phi) is 14.8. The molecule has 0 bridgehead atoms. The van der Waals surface area contributed by atoms with Crippen LogP contribution in [0.2, 0.25) is 6.82 Å². The average molecular weight is 372 g/mol. The van der Waals surface area contributed by atoms with E-state index in [1.54, 1.807) is 6.08 Å². The molecule has 0 N–H and O–H groups in total. The predicted octanol–water partition coefficient (Wildman–Crippen LogP) is 7.49. The van der Waals surface area contributed by atoms with Gasteiger partial charge < -0.3 is 9.31 Å². The van der Waals surface area contributed by atoms with E-state index in [9.17, 15) is 0 Å². The summed E-state index contributed by atoms with van der Waals surface area (Å²) in [5, 5.41) is 0. The molecule has 0 unspecified atom stereocenters. The molecule has 3 heteroatoms. The molecule has 1 saturated heterocycles. The van der Waals surface area contributed by atoms with Crippen LogP contribution in [0.3, 0.4) is 0 Å². The molecule has 1 aliphatic rings. The maximum absolute atomic E-state index is 5.54. The average Bonchev–Trinajstić information content (AvgIpc) is 2.78. The highest BCUT2D eigenvalue weighted by Gasteiger charge is 2.48. The Morgan fingerprint density at radius 3 is 1.78 bits per heavy atom. The van der Waals surface area contributed by atoms with Crippen LogP contribution in [-0.2, 0) is 9.31 Å². The van der Waals surface area contributed by atoms with E-state index < -0.39 is 0 Å². The molecule has 0 amide bonds. The number of hydrogen-bond acceptors (Lipinski definition) is 2. The van der Waals surface area contributed by atoms with E-state index >= 15 is 0 Å². The summed E-state index contributed by atoms with van der Waals surface area (Å²) in [5.74, 6) is 0. The van der Waals surface area contributed by atoms with E-state index in [1.165, 1.54) is 0 Å². The summed E-state index contributed by atoms with van der Waals surface area (Å²) < 4.78 is 11.1. The third-order valence-electron chi connectivity index (χ3n) is 4.21. The maximum atomic E-state index is 5.54. The zero-order valence-electron chi connectivity index (χ0n) is 19.1. The zero-order chi connectivity index (χ0) is 21.5. The molecule has 0 aromatic carbocycles. The van der Waals surface area contributed by atoms with Crippen LogP contribution in [0.4, 0.5) is 0 Å². The van der Waals surface area contributed by atoms with E-state index in [0.29, 0.717) is 0 Å². The van der Waals surface area contributed by atoms with Crippen LogP contribution in [0.1, 0.15) is 61.8 Å². The summed E-state index contributed by atoms with van der Waals surface area (Å²) >= 11 is 0. The van der Waals surface area contributed by atoms with Crippen molar-refractivity contribution in [2.75, 3.05) is 0 Å². The van der Waals surface area contributed by atoms with Crippen molar-refractivity contribution in [3.8, 4) is 0 Å². The Balaban J connectivity index is 0. The molecular weight excluding hydrogens is 331 g/mol. The van der Waals surface area contributed by atoms with Crippen LogP contribution in [-0.4, -0.2) is 18.3 Å². The first kappa shape index (κ1) is 27.6.